The topological polar surface area (TPSA) is 37.3 Å². The molecule has 1 aromatic heterocycles. The van der Waals surface area contributed by atoms with Crippen LogP contribution in [0.25, 0.3) is 0 Å². The minimum absolute atomic E-state index is 0.306. The highest BCUT2D eigenvalue weighted by Crippen LogP contribution is 2.12. The van der Waals surface area contributed by atoms with Gasteiger partial charge in [-0.05, 0) is 25.0 Å². The number of aliphatic imine (C=N–C) groups is 1. The molecule has 0 fully saturated rings. The summed E-state index contributed by atoms with van der Waals surface area (Å²) < 4.78 is 0. The van der Waals surface area contributed by atoms with E-state index in [1.807, 2.05) is 12.3 Å². The van der Waals surface area contributed by atoms with Gasteiger partial charge in [-0.3, -0.25) is 9.98 Å². The molecule has 0 spiro atoms. The van der Waals surface area contributed by atoms with Crippen LogP contribution >= 0.6 is 0 Å². The highest BCUT2D eigenvalue weighted by atomic mass is 15.0. The number of amidine groups is 1. The quantitative estimate of drug-likeness (QED) is 0.771. The van der Waals surface area contributed by atoms with Crippen molar-refractivity contribution in [3.05, 3.63) is 30.1 Å². The fraction of sp³-hybridized carbons (Fsp3) is 0.455. The van der Waals surface area contributed by atoms with Gasteiger partial charge < -0.3 is 5.32 Å². The van der Waals surface area contributed by atoms with Crippen molar-refractivity contribution in [2.45, 2.75) is 25.8 Å². The molecule has 0 amide bonds. The zero-order valence-corrected chi connectivity index (χ0v) is 8.40. The second-order valence-electron chi connectivity index (χ2n) is 3.58. The molecule has 0 radical (unpaired) electrons. The predicted molar refractivity (Wildman–Crippen MR) is 57.3 cm³/mol. The lowest BCUT2D eigenvalue weighted by molar-refractivity contribution is 0.706. The van der Waals surface area contributed by atoms with Crippen LogP contribution in [0.2, 0.25) is 0 Å². The Morgan fingerprint density at radius 2 is 2.43 bits per heavy atom. The molecule has 14 heavy (non-hydrogen) atoms. The molecule has 0 aliphatic carbocycles. The average Bonchev–Trinajstić information content (AvgIpc) is 2.72. The standard InChI is InChI=1S/C11H15N3/c1-9(10-4-2-6-12-8-10)14-11-5-3-7-13-11/h2,4,6,8-9H,3,5,7H2,1H3,(H,13,14). The smallest absolute Gasteiger partial charge is 0.0968 e. The van der Waals surface area contributed by atoms with Gasteiger partial charge in [0.15, 0.2) is 0 Å². The Morgan fingerprint density at radius 3 is 3.07 bits per heavy atom. The Kier molecular flexibility index (Phi) is 2.77. The molecule has 0 saturated heterocycles. The summed E-state index contributed by atoms with van der Waals surface area (Å²) in [4.78, 5) is 8.49. The van der Waals surface area contributed by atoms with Crippen molar-refractivity contribution in [1.82, 2.24) is 10.3 Å². The molecule has 0 aromatic carbocycles. The van der Waals surface area contributed by atoms with Crippen LogP contribution in [0.1, 0.15) is 31.4 Å². The third-order valence-electron chi connectivity index (χ3n) is 2.44. The van der Waals surface area contributed by atoms with Gasteiger partial charge in [-0.1, -0.05) is 6.07 Å². The molecule has 1 aliphatic heterocycles. The summed E-state index contributed by atoms with van der Waals surface area (Å²) in [6, 6.07) is 4.35. The first-order chi connectivity index (χ1) is 6.86. The Balaban J connectivity index is 1.99. The number of rotatable bonds is 2. The molecule has 0 saturated carbocycles. The number of nitrogens with zero attached hydrogens (tertiary/aromatic N) is 2. The van der Waals surface area contributed by atoms with Crippen molar-refractivity contribution < 1.29 is 0 Å². The summed E-state index contributed by atoms with van der Waals surface area (Å²) in [5, 5.41) is 3.41. The third kappa shape index (κ3) is 2.10. The zero-order valence-electron chi connectivity index (χ0n) is 8.40. The second-order valence-corrected chi connectivity index (χ2v) is 3.58. The van der Waals surface area contributed by atoms with Gasteiger partial charge in [0.05, 0.1) is 11.9 Å². The Bertz CT molecular complexity index is 319. The van der Waals surface area contributed by atoms with Gasteiger partial charge in [0.25, 0.3) is 0 Å². The first kappa shape index (κ1) is 9.19. The summed E-state index contributed by atoms with van der Waals surface area (Å²) >= 11 is 0. The van der Waals surface area contributed by atoms with Crippen molar-refractivity contribution in [2.24, 2.45) is 4.99 Å². The molecule has 1 aliphatic rings. The van der Waals surface area contributed by atoms with E-state index in [-0.39, 0.29) is 0 Å². The minimum atomic E-state index is 0.306. The Morgan fingerprint density at radius 1 is 1.50 bits per heavy atom. The van der Waals surface area contributed by atoms with Crippen LogP contribution in [0.5, 0.6) is 0 Å². The monoisotopic (exact) mass is 189 g/mol. The molecule has 1 N–H and O–H groups in total. The first-order valence-electron chi connectivity index (χ1n) is 5.06. The molecule has 0 bridgehead atoms. The number of aromatic nitrogens is 1. The van der Waals surface area contributed by atoms with Crippen LogP contribution in [0.3, 0.4) is 0 Å². The maximum absolute atomic E-state index is 4.39. The largest absolute Gasteiger partial charge is 0.367 e. The lowest BCUT2D eigenvalue weighted by atomic mass is 10.1. The highest BCUT2D eigenvalue weighted by Gasteiger charge is 2.10. The molecule has 74 valence electrons. The van der Waals surface area contributed by atoms with Crippen LogP contribution < -0.4 is 5.32 Å². The fourth-order valence-corrected chi connectivity index (χ4v) is 1.62. The van der Waals surface area contributed by atoms with E-state index in [2.05, 4.69) is 28.3 Å². The molecule has 1 atom stereocenters. The van der Waals surface area contributed by atoms with E-state index in [1.54, 1.807) is 6.20 Å². The van der Waals surface area contributed by atoms with E-state index in [1.165, 1.54) is 12.0 Å². The van der Waals surface area contributed by atoms with Crippen molar-refractivity contribution in [3.8, 4) is 0 Å². The van der Waals surface area contributed by atoms with Gasteiger partial charge in [0.1, 0.15) is 0 Å². The highest BCUT2D eigenvalue weighted by molar-refractivity contribution is 5.83. The molecular formula is C11H15N3. The average molecular weight is 189 g/mol. The number of hydrogen-bond donors (Lipinski definition) is 1. The summed E-state index contributed by atoms with van der Waals surface area (Å²) in [6.07, 6.45) is 5.96. The molecule has 2 rings (SSSR count). The van der Waals surface area contributed by atoms with Crippen molar-refractivity contribution in [2.75, 3.05) is 6.54 Å². The molecule has 2 heterocycles. The van der Waals surface area contributed by atoms with Gasteiger partial charge >= 0.3 is 0 Å². The van der Waals surface area contributed by atoms with Crippen LogP contribution in [0.15, 0.2) is 29.5 Å². The molecule has 3 heteroatoms. The summed E-state index contributed by atoms with van der Waals surface area (Å²) in [6.45, 7) is 3.11. The van der Waals surface area contributed by atoms with E-state index in [4.69, 9.17) is 0 Å². The Labute approximate surface area is 84.3 Å². The number of nitrogens with one attached hydrogen (secondary N) is 1. The van der Waals surface area contributed by atoms with Crippen molar-refractivity contribution in [3.63, 3.8) is 0 Å². The van der Waals surface area contributed by atoms with Crippen molar-refractivity contribution in [1.29, 1.82) is 0 Å². The number of hydrogen-bond acceptors (Lipinski definition) is 3. The predicted octanol–water partition coefficient (Wildman–Crippen LogP) is 1.92. The van der Waals surface area contributed by atoms with E-state index in [9.17, 15) is 0 Å². The zero-order chi connectivity index (χ0) is 9.80. The molecular weight excluding hydrogens is 174 g/mol. The minimum Gasteiger partial charge on any atom is -0.367 e. The summed E-state index contributed by atoms with van der Waals surface area (Å²) in [5.74, 6) is 1.14. The number of pyridine rings is 1. The molecule has 3 nitrogen and oxygen atoms in total. The van der Waals surface area contributed by atoms with Crippen LogP contribution in [0, 0.1) is 0 Å². The van der Waals surface area contributed by atoms with Crippen LogP contribution in [-0.2, 0) is 0 Å². The molecule has 1 unspecified atom stereocenters. The molecule has 1 aromatic rings. The lowest BCUT2D eigenvalue weighted by Gasteiger charge is -2.14. The van der Waals surface area contributed by atoms with Gasteiger partial charge in [-0.2, -0.15) is 0 Å². The maximum Gasteiger partial charge on any atom is 0.0968 e. The summed E-state index contributed by atoms with van der Waals surface area (Å²) in [7, 11) is 0. The summed E-state index contributed by atoms with van der Waals surface area (Å²) in [5.41, 5.74) is 1.21. The fourth-order valence-electron chi connectivity index (χ4n) is 1.62. The third-order valence-corrected chi connectivity index (χ3v) is 2.44. The van der Waals surface area contributed by atoms with Gasteiger partial charge in [-0.25, -0.2) is 0 Å². The lowest BCUT2D eigenvalue weighted by Crippen LogP contribution is -2.24. The maximum atomic E-state index is 4.39. The van der Waals surface area contributed by atoms with Gasteiger partial charge in [0.2, 0.25) is 0 Å². The SMILES string of the molecule is CC(NC1=NCCC1)c1cccnc1. The normalized spacial score (nSPS) is 17.6. The van der Waals surface area contributed by atoms with Crippen LogP contribution in [0.4, 0.5) is 0 Å². The Hall–Kier alpha value is -1.38. The van der Waals surface area contributed by atoms with E-state index in [0.717, 1.165) is 18.8 Å². The van der Waals surface area contributed by atoms with Gasteiger partial charge in [0, 0.05) is 25.4 Å². The van der Waals surface area contributed by atoms with E-state index >= 15 is 0 Å². The van der Waals surface area contributed by atoms with E-state index < -0.39 is 0 Å². The van der Waals surface area contributed by atoms with E-state index in [0.29, 0.717) is 6.04 Å². The van der Waals surface area contributed by atoms with Crippen LogP contribution in [-0.4, -0.2) is 17.4 Å². The second kappa shape index (κ2) is 4.22. The van der Waals surface area contributed by atoms with Crippen molar-refractivity contribution >= 4 is 5.84 Å². The van der Waals surface area contributed by atoms with Gasteiger partial charge in [-0.15, -0.1) is 0 Å². The first-order valence-corrected chi connectivity index (χ1v) is 5.06.